The SMILES string of the molecule is COC(=O)c1ccccc1Nc1ccc(C(=O)NCC(C)C)cn1. The number of nitrogens with one attached hydrogen (secondary N) is 2. The first-order chi connectivity index (χ1) is 11.5. The van der Waals surface area contributed by atoms with Crippen LogP contribution >= 0.6 is 0 Å². The molecule has 0 unspecified atom stereocenters. The first-order valence-electron chi connectivity index (χ1n) is 7.70. The number of methoxy groups -OCH3 is 1. The van der Waals surface area contributed by atoms with Crippen molar-refractivity contribution in [2.45, 2.75) is 13.8 Å². The zero-order valence-corrected chi connectivity index (χ0v) is 14.0. The normalized spacial score (nSPS) is 10.3. The summed E-state index contributed by atoms with van der Waals surface area (Å²) >= 11 is 0. The van der Waals surface area contributed by atoms with Crippen molar-refractivity contribution in [1.82, 2.24) is 10.3 Å². The van der Waals surface area contributed by atoms with Crippen molar-refractivity contribution in [2.24, 2.45) is 5.92 Å². The molecule has 1 aromatic heterocycles. The topological polar surface area (TPSA) is 80.3 Å². The molecule has 0 aliphatic heterocycles. The number of pyridine rings is 1. The lowest BCUT2D eigenvalue weighted by Crippen LogP contribution is -2.27. The highest BCUT2D eigenvalue weighted by molar-refractivity contribution is 5.96. The number of para-hydroxylation sites is 1. The lowest BCUT2D eigenvalue weighted by atomic mass is 10.1. The Labute approximate surface area is 141 Å². The van der Waals surface area contributed by atoms with Crippen molar-refractivity contribution in [3.63, 3.8) is 0 Å². The Kier molecular flexibility index (Phi) is 5.89. The third kappa shape index (κ3) is 4.55. The number of ether oxygens (including phenoxy) is 1. The van der Waals surface area contributed by atoms with Crippen molar-refractivity contribution < 1.29 is 14.3 Å². The molecule has 2 N–H and O–H groups in total. The van der Waals surface area contributed by atoms with Gasteiger partial charge in [-0.1, -0.05) is 26.0 Å². The van der Waals surface area contributed by atoms with Gasteiger partial charge in [0, 0.05) is 12.7 Å². The van der Waals surface area contributed by atoms with Gasteiger partial charge in [0.15, 0.2) is 0 Å². The number of amides is 1. The fourth-order valence-corrected chi connectivity index (χ4v) is 2.02. The summed E-state index contributed by atoms with van der Waals surface area (Å²) in [5, 5.41) is 5.90. The van der Waals surface area contributed by atoms with Crippen LogP contribution in [0.1, 0.15) is 34.6 Å². The molecule has 1 aromatic carbocycles. The molecular formula is C18H21N3O3. The fraction of sp³-hybridized carbons (Fsp3) is 0.278. The van der Waals surface area contributed by atoms with Gasteiger partial charge in [0.2, 0.25) is 0 Å². The number of hydrogen-bond donors (Lipinski definition) is 2. The second-order valence-electron chi connectivity index (χ2n) is 5.70. The van der Waals surface area contributed by atoms with Gasteiger partial charge in [-0.3, -0.25) is 4.79 Å². The molecule has 24 heavy (non-hydrogen) atoms. The highest BCUT2D eigenvalue weighted by Gasteiger charge is 2.12. The molecule has 0 saturated heterocycles. The molecule has 0 aliphatic rings. The largest absolute Gasteiger partial charge is 0.465 e. The van der Waals surface area contributed by atoms with Gasteiger partial charge in [-0.25, -0.2) is 9.78 Å². The van der Waals surface area contributed by atoms with E-state index in [-0.39, 0.29) is 5.91 Å². The van der Waals surface area contributed by atoms with E-state index in [0.717, 1.165) is 0 Å². The Morgan fingerprint density at radius 2 is 1.92 bits per heavy atom. The minimum absolute atomic E-state index is 0.155. The van der Waals surface area contributed by atoms with E-state index in [0.29, 0.717) is 35.1 Å². The molecule has 0 saturated carbocycles. The predicted molar refractivity (Wildman–Crippen MR) is 92.5 cm³/mol. The molecule has 6 nitrogen and oxygen atoms in total. The van der Waals surface area contributed by atoms with E-state index in [2.05, 4.69) is 15.6 Å². The summed E-state index contributed by atoms with van der Waals surface area (Å²) in [6.45, 7) is 4.68. The zero-order valence-electron chi connectivity index (χ0n) is 14.0. The van der Waals surface area contributed by atoms with Crippen LogP contribution < -0.4 is 10.6 Å². The molecule has 2 rings (SSSR count). The number of rotatable bonds is 6. The Bertz CT molecular complexity index is 712. The molecule has 2 aromatic rings. The van der Waals surface area contributed by atoms with Crippen LogP contribution in [0.3, 0.4) is 0 Å². The number of anilines is 2. The maximum absolute atomic E-state index is 12.0. The summed E-state index contributed by atoms with van der Waals surface area (Å²) in [6, 6.07) is 10.4. The molecule has 6 heteroatoms. The zero-order chi connectivity index (χ0) is 17.5. The first kappa shape index (κ1) is 17.5. The van der Waals surface area contributed by atoms with Crippen molar-refractivity contribution in [3.8, 4) is 0 Å². The monoisotopic (exact) mass is 327 g/mol. The Hall–Kier alpha value is -2.89. The van der Waals surface area contributed by atoms with Crippen LogP contribution in [-0.2, 0) is 4.74 Å². The van der Waals surface area contributed by atoms with Crippen LogP contribution in [0, 0.1) is 5.92 Å². The summed E-state index contributed by atoms with van der Waals surface area (Å²) in [4.78, 5) is 28.0. The van der Waals surface area contributed by atoms with Crippen LogP contribution in [0.4, 0.5) is 11.5 Å². The third-order valence-corrected chi connectivity index (χ3v) is 3.29. The Morgan fingerprint density at radius 3 is 2.54 bits per heavy atom. The highest BCUT2D eigenvalue weighted by Crippen LogP contribution is 2.20. The summed E-state index contributed by atoms with van der Waals surface area (Å²) in [6.07, 6.45) is 1.50. The smallest absolute Gasteiger partial charge is 0.339 e. The molecule has 0 radical (unpaired) electrons. The van der Waals surface area contributed by atoms with E-state index in [9.17, 15) is 9.59 Å². The second-order valence-corrected chi connectivity index (χ2v) is 5.70. The van der Waals surface area contributed by atoms with Crippen molar-refractivity contribution in [2.75, 3.05) is 19.0 Å². The summed E-state index contributed by atoms with van der Waals surface area (Å²) in [5.41, 5.74) is 1.50. The van der Waals surface area contributed by atoms with Gasteiger partial charge in [-0.15, -0.1) is 0 Å². The number of hydrogen-bond acceptors (Lipinski definition) is 5. The number of esters is 1. The molecule has 0 fully saturated rings. The molecule has 0 atom stereocenters. The maximum Gasteiger partial charge on any atom is 0.339 e. The van der Waals surface area contributed by atoms with E-state index in [1.807, 2.05) is 19.9 Å². The number of nitrogens with zero attached hydrogens (tertiary/aromatic N) is 1. The number of carbonyl (C=O) groups excluding carboxylic acids is 2. The van der Waals surface area contributed by atoms with Gasteiger partial charge < -0.3 is 15.4 Å². The molecule has 0 aliphatic carbocycles. The van der Waals surface area contributed by atoms with E-state index in [1.165, 1.54) is 13.3 Å². The van der Waals surface area contributed by atoms with E-state index < -0.39 is 5.97 Å². The van der Waals surface area contributed by atoms with Crippen LogP contribution in [0.15, 0.2) is 42.6 Å². The molecule has 1 heterocycles. The van der Waals surface area contributed by atoms with E-state index in [1.54, 1.807) is 30.3 Å². The van der Waals surface area contributed by atoms with Gasteiger partial charge in [0.1, 0.15) is 5.82 Å². The van der Waals surface area contributed by atoms with Crippen molar-refractivity contribution >= 4 is 23.4 Å². The number of aromatic nitrogens is 1. The Morgan fingerprint density at radius 1 is 1.17 bits per heavy atom. The maximum atomic E-state index is 12.0. The lowest BCUT2D eigenvalue weighted by molar-refractivity contribution is 0.0601. The van der Waals surface area contributed by atoms with Crippen molar-refractivity contribution in [3.05, 3.63) is 53.7 Å². The van der Waals surface area contributed by atoms with Crippen molar-refractivity contribution in [1.29, 1.82) is 0 Å². The van der Waals surface area contributed by atoms with Gasteiger partial charge in [-0.2, -0.15) is 0 Å². The quantitative estimate of drug-likeness (QED) is 0.797. The number of carbonyl (C=O) groups is 2. The second kappa shape index (κ2) is 8.10. The fourth-order valence-electron chi connectivity index (χ4n) is 2.02. The standard InChI is InChI=1S/C18H21N3O3/c1-12(2)10-20-17(22)13-8-9-16(19-11-13)21-15-7-5-4-6-14(15)18(23)24-3/h4-9,11-12H,10H2,1-3H3,(H,19,21)(H,20,22). The van der Waals surface area contributed by atoms with Gasteiger partial charge in [0.25, 0.3) is 5.91 Å². The third-order valence-electron chi connectivity index (χ3n) is 3.29. The molecule has 0 bridgehead atoms. The van der Waals surface area contributed by atoms with Crippen LogP contribution in [0.25, 0.3) is 0 Å². The summed E-state index contributed by atoms with van der Waals surface area (Å²) < 4.78 is 4.76. The highest BCUT2D eigenvalue weighted by atomic mass is 16.5. The lowest BCUT2D eigenvalue weighted by Gasteiger charge is -2.11. The average Bonchev–Trinajstić information content (AvgIpc) is 2.60. The van der Waals surface area contributed by atoms with Crippen LogP contribution in [0.2, 0.25) is 0 Å². The summed E-state index contributed by atoms with van der Waals surface area (Å²) in [7, 11) is 1.34. The minimum Gasteiger partial charge on any atom is -0.465 e. The Balaban J connectivity index is 2.10. The average molecular weight is 327 g/mol. The minimum atomic E-state index is -0.428. The van der Waals surface area contributed by atoms with E-state index in [4.69, 9.17) is 4.74 Å². The molecule has 0 spiro atoms. The summed E-state index contributed by atoms with van der Waals surface area (Å²) in [5.74, 6) is 0.338. The predicted octanol–water partition coefficient (Wildman–Crippen LogP) is 3.00. The first-order valence-corrected chi connectivity index (χ1v) is 7.70. The molecular weight excluding hydrogens is 306 g/mol. The molecule has 1 amide bonds. The number of benzene rings is 1. The molecule has 126 valence electrons. The van der Waals surface area contributed by atoms with E-state index >= 15 is 0 Å². The van der Waals surface area contributed by atoms with Gasteiger partial charge >= 0.3 is 5.97 Å². The van der Waals surface area contributed by atoms with Gasteiger partial charge in [0.05, 0.1) is 23.9 Å². The van der Waals surface area contributed by atoms with Gasteiger partial charge in [-0.05, 0) is 30.2 Å². The van der Waals surface area contributed by atoms with Crippen LogP contribution in [0.5, 0.6) is 0 Å². The van der Waals surface area contributed by atoms with Crippen LogP contribution in [-0.4, -0.2) is 30.5 Å².